The standard InChI is InChI=1S/C13H21ClN4O/c1-8(2)19-13-17-11(14)16-12(18-13)15-9(3)10-6-4-5-7-10/h8-10H,4-7H2,1-3H3,(H,15,16,17,18). The molecule has 106 valence electrons. The van der Waals surface area contributed by atoms with E-state index in [-0.39, 0.29) is 17.4 Å². The predicted octanol–water partition coefficient (Wildman–Crippen LogP) is 3.30. The molecule has 1 atom stereocenters. The normalized spacial score (nSPS) is 17.7. The molecule has 1 aliphatic carbocycles. The molecular formula is C13H21ClN4O. The molecule has 1 heterocycles. The minimum Gasteiger partial charge on any atom is -0.461 e. The summed E-state index contributed by atoms with van der Waals surface area (Å²) in [5.41, 5.74) is 0. The van der Waals surface area contributed by atoms with Gasteiger partial charge in [-0.05, 0) is 51.1 Å². The van der Waals surface area contributed by atoms with E-state index in [1.807, 2.05) is 13.8 Å². The average Bonchev–Trinajstić information content (AvgIpc) is 2.79. The zero-order chi connectivity index (χ0) is 13.8. The largest absolute Gasteiger partial charge is 0.461 e. The number of nitrogens with zero attached hydrogens (tertiary/aromatic N) is 3. The van der Waals surface area contributed by atoms with Crippen molar-refractivity contribution in [2.24, 2.45) is 5.92 Å². The zero-order valence-electron chi connectivity index (χ0n) is 11.7. The Labute approximate surface area is 119 Å². The van der Waals surface area contributed by atoms with Crippen molar-refractivity contribution in [3.8, 4) is 6.01 Å². The van der Waals surface area contributed by atoms with Crippen LogP contribution < -0.4 is 10.1 Å². The third-order valence-electron chi connectivity index (χ3n) is 3.39. The fourth-order valence-corrected chi connectivity index (χ4v) is 2.59. The topological polar surface area (TPSA) is 59.9 Å². The van der Waals surface area contributed by atoms with Gasteiger partial charge in [-0.3, -0.25) is 0 Å². The van der Waals surface area contributed by atoms with Crippen LogP contribution in [0.3, 0.4) is 0 Å². The van der Waals surface area contributed by atoms with E-state index < -0.39 is 0 Å². The third-order valence-corrected chi connectivity index (χ3v) is 3.56. The summed E-state index contributed by atoms with van der Waals surface area (Å²) in [5, 5.41) is 3.47. The van der Waals surface area contributed by atoms with Crippen LogP contribution >= 0.6 is 11.6 Å². The first-order valence-electron chi connectivity index (χ1n) is 6.89. The van der Waals surface area contributed by atoms with E-state index in [0.29, 0.717) is 17.9 Å². The smallest absolute Gasteiger partial charge is 0.322 e. The van der Waals surface area contributed by atoms with Crippen molar-refractivity contribution in [1.29, 1.82) is 0 Å². The van der Waals surface area contributed by atoms with Crippen LogP contribution in [0.2, 0.25) is 5.28 Å². The Morgan fingerprint density at radius 1 is 1.16 bits per heavy atom. The maximum atomic E-state index is 5.89. The molecule has 0 spiro atoms. The number of ether oxygens (including phenoxy) is 1. The van der Waals surface area contributed by atoms with Crippen molar-refractivity contribution >= 4 is 17.5 Å². The summed E-state index contributed by atoms with van der Waals surface area (Å²) in [6.07, 6.45) is 5.18. The van der Waals surface area contributed by atoms with E-state index in [4.69, 9.17) is 16.3 Å². The quantitative estimate of drug-likeness (QED) is 0.899. The second kappa shape index (κ2) is 6.37. The van der Waals surface area contributed by atoms with Gasteiger partial charge in [0.1, 0.15) is 0 Å². The van der Waals surface area contributed by atoms with Gasteiger partial charge in [0, 0.05) is 6.04 Å². The van der Waals surface area contributed by atoms with Crippen LogP contribution in [0.25, 0.3) is 0 Å². The van der Waals surface area contributed by atoms with Gasteiger partial charge in [0.25, 0.3) is 0 Å². The van der Waals surface area contributed by atoms with Crippen molar-refractivity contribution in [2.45, 2.75) is 58.6 Å². The molecule has 1 fully saturated rings. The lowest BCUT2D eigenvalue weighted by molar-refractivity contribution is 0.221. The second-order valence-electron chi connectivity index (χ2n) is 5.35. The number of aromatic nitrogens is 3. The third kappa shape index (κ3) is 4.20. The Morgan fingerprint density at radius 2 is 1.84 bits per heavy atom. The maximum Gasteiger partial charge on any atom is 0.322 e. The molecule has 0 saturated heterocycles. The van der Waals surface area contributed by atoms with Crippen molar-refractivity contribution in [3.05, 3.63) is 5.28 Å². The highest BCUT2D eigenvalue weighted by Gasteiger charge is 2.22. The summed E-state index contributed by atoms with van der Waals surface area (Å²) in [6, 6.07) is 0.615. The molecule has 1 aromatic rings. The number of hydrogen-bond donors (Lipinski definition) is 1. The monoisotopic (exact) mass is 284 g/mol. The van der Waals surface area contributed by atoms with E-state index in [2.05, 4.69) is 27.2 Å². The summed E-state index contributed by atoms with van der Waals surface area (Å²) in [5.74, 6) is 1.18. The minimum atomic E-state index is 0.0126. The van der Waals surface area contributed by atoms with Gasteiger partial charge >= 0.3 is 6.01 Å². The predicted molar refractivity (Wildman–Crippen MR) is 75.6 cm³/mol. The SMILES string of the molecule is CC(C)Oc1nc(Cl)nc(NC(C)C2CCCC2)n1. The molecule has 19 heavy (non-hydrogen) atoms. The van der Waals surface area contributed by atoms with E-state index in [1.165, 1.54) is 25.7 Å². The Kier molecular flexibility index (Phi) is 4.80. The maximum absolute atomic E-state index is 5.89. The van der Waals surface area contributed by atoms with Crippen LogP contribution in [-0.4, -0.2) is 27.1 Å². The van der Waals surface area contributed by atoms with Crippen LogP contribution in [0.5, 0.6) is 6.01 Å². The Balaban J connectivity index is 2.04. The first kappa shape index (κ1) is 14.3. The molecule has 0 bridgehead atoms. The number of anilines is 1. The molecule has 6 heteroatoms. The zero-order valence-corrected chi connectivity index (χ0v) is 12.4. The fourth-order valence-electron chi connectivity index (χ4n) is 2.44. The lowest BCUT2D eigenvalue weighted by atomic mass is 10.0. The molecule has 0 aliphatic heterocycles. The van der Waals surface area contributed by atoms with E-state index in [1.54, 1.807) is 0 Å². The second-order valence-corrected chi connectivity index (χ2v) is 5.69. The van der Waals surface area contributed by atoms with Crippen LogP contribution in [0.4, 0.5) is 5.95 Å². The van der Waals surface area contributed by atoms with Crippen molar-refractivity contribution in [3.63, 3.8) is 0 Å². The Hall–Kier alpha value is -1.10. The molecule has 0 radical (unpaired) electrons. The lowest BCUT2D eigenvalue weighted by Crippen LogP contribution is -2.25. The minimum absolute atomic E-state index is 0.0126. The van der Waals surface area contributed by atoms with Crippen LogP contribution in [0.15, 0.2) is 0 Å². The summed E-state index contributed by atoms with van der Waals surface area (Å²) in [4.78, 5) is 12.3. The van der Waals surface area contributed by atoms with Crippen LogP contribution in [0.1, 0.15) is 46.5 Å². The Bertz CT molecular complexity index is 421. The highest BCUT2D eigenvalue weighted by Crippen LogP contribution is 2.29. The highest BCUT2D eigenvalue weighted by molar-refractivity contribution is 6.28. The van der Waals surface area contributed by atoms with Gasteiger partial charge in [-0.2, -0.15) is 15.0 Å². The molecular weight excluding hydrogens is 264 g/mol. The summed E-state index contributed by atoms with van der Waals surface area (Å²) >= 11 is 5.89. The van der Waals surface area contributed by atoms with Crippen molar-refractivity contribution < 1.29 is 4.74 Å². The lowest BCUT2D eigenvalue weighted by Gasteiger charge is -2.20. The molecule has 1 unspecified atom stereocenters. The molecule has 2 rings (SSSR count). The summed E-state index contributed by atoms with van der Waals surface area (Å²) in [6.45, 7) is 6.01. The van der Waals surface area contributed by atoms with Gasteiger partial charge in [0.2, 0.25) is 11.2 Å². The van der Waals surface area contributed by atoms with E-state index in [0.717, 1.165) is 0 Å². The van der Waals surface area contributed by atoms with Crippen LogP contribution in [-0.2, 0) is 0 Å². The molecule has 0 amide bonds. The molecule has 1 aromatic heterocycles. The number of nitrogens with one attached hydrogen (secondary N) is 1. The average molecular weight is 285 g/mol. The summed E-state index contributed by atoms with van der Waals surface area (Å²) in [7, 11) is 0. The van der Waals surface area contributed by atoms with Gasteiger partial charge in [-0.1, -0.05) is 12.8 Å². The fraction of sp³-hybridized carbons (Fsp3) is 0.769. The van der Waals surface area contributed by atoms with Gasteiger partial charge in [0.05, 0.1) is 6.10 Å². The van der Waals surface area contributed by atoms with Gasteiger partial charge in [-0.25, -0.2) is 0 Å². The summed E-state index contributed by atoms with van der Waals surface area (Å²) < 4.78 is 5.46. The highest BCUT2D eigenvalue weighted by atomic mass is 35.5. The van der Waals surface area contributed by atoms with E-state index in [9.17, 15) is 0 Å². The van der Waals surface area contributed by atoms with Gasteiger partial charge in [0.15, 0.2) is 0 Å². The van der Waals surface area contributed by atoms with Gasteiger partial charge < -0.3 is 10.1 Å². The molecule has 0 aromatic carbocycles. The van der Waals surface area contributed by atoms with Crippen LogP contribution in [0, 0.1) is 5.92 Å². The van der Waals surface area contributed by atoms with Gasteiger partial charge in [-0.15, -0.1) is 0 Å². The molecule has 1 N–H and O–H groups in total. The van der Waals surface area contributed by atoms with E-state index >= 15 is 0 Å². The molecule has 1 aliphatic rings. The first-order chi connectivity index (χ1) is 9.04. The number of halogens is 1. The number of hydrogen-bond acceptors (Lipinski definition) is 5. The molecule has 1 saturated carbocycles. The Morgan fingerprint density at radius 3 is 2.47 bits per heavy atom. The number of rotatable bonds is 5. The molecule has 5 nitrogen and oxygen atoms in total. The van der Waals surface area contributed by atoms with Crippen molar-refractivity contribution in [2.75, 3.05) is 5.32 Å². The van der Waals surface area contributed by atoms with Crippen molar-refractivity contribution in [1.82, 2.24) is 15.0 Å². The first-order valence-corrected chi connectivity index (χ1v) is 7.27.